The zero-order valence-electron chi connectivity index (χ0n) is 11.3. The number of carbonyl (C=O) groups is 1. The molecule has 0 radical (unpaired) electrons. The zero-order valence-corrected chi connectivity index (χ0v) is 12.9. The Morgan fingerprint density at radius 3 is 2.86 bits per heavy atom. The molecule has 1 unspecified atom stereocenters. The van der Waals surface area contributed by atoms with Crippen molar-refractivity contribution in [2.24, 2.45) is 0 Å². The third-order valence-electron chi connectivity index (χ3n) is 2.16. The number of aliphatic hydroxyl groups excluding tert-OH is 1. The highest BCUT2D eigenvalue weighted by Gasteiger charge is 2.13. The van der Waals surface area contributed by atoms with E-state index in [0.717, 1.165) is 0 Å². The van der Waals surface area contributed by atoms with Crippen LogP contribution in [-0.2, 0) is 9.57 Å². The summed E-state index contributed by atoms with van der Waals surface area (Å²) in [5.41, 5.74) is 0.452. The van der Waals surface area contributed by atoms with Crippen molar-refractivity contribution in [3.8, 4) is 0 Å². The zero-order chi connectivity index (χ0) is 15.7. The highest BCUT2D eigenvalue weighted by molar-refractivity contribution is 8.76. The molecule has 1 atom stereocenters. The summed E-state index contributed by atoms with van der Waals surface area (Å²) >= 11 is 0. The molecule has 1 rings (SSSR count). The highest BCUT2D eigenvalue weighted by atomic mass is 33.1. The number of ether oxygens (including phenoxy) is 1. The van der Waals surface area contributed by atoms with Crippen LogP contribution in [0.4, 0.5) is 0 Å². The number of benzene rings is 1. The molecule has 116 valence electrons. The fourth-order valence-corrected chi connectivity index (χ4v) is 3.60. The first-order chi connectivity index (χ1) is 10.0. The van der Waals surface area contributed by atoms with Crippen LogP contribution in [0.15, 0.2) is 29.2 Å². The third-order valence-corrected chi connectivity index (χ3v) is 4.64. The van der Waals surface area contributed by atoms with Gasteiger partial charge in [0.15, 0.2) is 0 Å². The smallest absolute Gasteiger partial charge is 0.339 e. The molecule has 0 aromatic heterocycles. The van der Waals surface area contributed by atoms with E-state index < -0.39 is 17.2 Å². The van der Waals surface area contributed by atoms with Gasteiger partial charge < -0.3 is 14.7 Å². The maximum Gasteiger partial charge on any atom is 0.339 e. The van der Waals surface area contributed by atoms with E-state index in [2.05, 4.69) is 4.84 Å². The Labute approximate surface area is 129 Å². The first kappa shape index (κ1) is 17.6. The molecular formula is C12H15NO6S2. The Bertz CT molecular complexity index is 485. The molecule has 0 spiro atoms. The predicted octanol–water partition coefficient (Wildman–Crippen LogP) is 2.17. The Morgan fingerprint density at radius 1 is 1.48 bits per heavy atom. The second-order valence-corrected chi connectivity index (χ2v) is 6.14. The third kappa shape index (κ3) is 6.69. The van der Waals surface area contributed by atoms with E-state index in [1.165, 1.54) is 21.6 Å². The predicted molar refractivity (Wildman–Crippen MR) is 79.7 cm³/mol. The quantitative estimate of drug-likeness (QED) is 0.318. The lowest BCUT2D eigenvalue weighted by atomic mass is 10.2. The van der Waals surface area contributed by atoms with Crippen LogP contribution in [0.5, 0.6) is 0 Å². The van der Waals surface area contributed by atoms with Crippen LogP contribution in [0.1, 0.15) is 17.3 Å². The van der Waals surface area contributed by atoms with Crippen LogP contribution in [0.3, 0.4) is 0 Å². The number of rotatable bonds is 9. The monoisotopic (exact) mass is 333 g/mol. The lowest BCUT2D eigenvalue weighted by molar-refractivity contribution is -0.759. The van der Waals surface area contributed by atoms with Gasteiger partial charge in [0.2, 0.25) is 0 Å². The van der Waals surface area contributed by atoms with Gasteiger partial charge in [-0.05, 0) is 19.1 Å². The van der Waals surface area contributed by atoms with Crippen LogP contribution in [-0.4, -0.2) is 41.2 Å². The number of hydrogen-bond acceptors (Lipinski definition) is 8. The van der Waals surface area contributed by atoms with Gasteiger partial charge >= 0.3 is 5.97 Å². The molecule has 0 saturated heterocycles. The van der Waals surface area contributed by atoms with Gasteiger partial charge in [-0.1, -0.05) is 33.7 Å². The number of carbonyl (C=O) groups excluding carboxylic acids is 1. The van der Waals surface area contributed by atoms with Gasteiger partial charge in [0, 0.05) is 10.6 Å². The minimum atomic E-state index is -0.956. The maximum absolute atomic E-state index is 11.8. The molecule has 0 aliphatic rings. The SMILES string of the molecule is CCOC(=O)c1ccccc1SSCC(O)CO[N+](=O)[O-]. The average Bonchev–Trinajstić information content (AvgIpc) is 2.46. The van der Waals surface area contributed by atoms with Gasteiger partial charge in [-0.25, -0.2) is 4.79 Å². The van der Waals surface area contributed by atoms with Gasteiger partial charge in [0.05, 0.1) is 18.3 Å². The van der Waals surface area contributed by atoms with E-state index in [1.807, 2.05) is 0 Å². The lowest BCUT2D eigenvalue weighted by Crippen LogP contribution is -2.19. The first-order valence-electron chi connectivity index (χ1n) is 6.05. The number of nitrogens with zero attached hydrogens (tertiary/aromatic N) is 1. The molecule has 21 heavy (non-hydrogen) atoms. The normalized spacial score (nSPS) is 11.7. The van der Waals surface area contributed by atoms with E-state index in [1.54, 1.807) is 31.2 Å². The molecule has 1 aromatic rings. The molecule has 1 N–H and O–H groups in total. The second-order valence-electron chi connectivity index (χ2n) is 3.76. The van der Waals surface area contributed by atoms with E-state index in [0.29, 0.717) is 17.1 Å². The summed E-state index contributed by atoms with van der Waals surface area (Å²) in [6.07, 6.45) is -0.956. The van der Waals surface area contributed by atoms with Crippen molar-refractivity contribution in [1.82, 2.24) is 0 Å². The number of esters is 1. The van der Waals surface area contributed by atoms with Gasteiger partial charge in [-0.3, -0.25) is 0 Å². The molecule has 0 saturated carbocycles. The van der Waals surface area contributed by atoms with E-state index in [9.17, 15) is 20.0 Å². The molecule has 7 nitrogen and oxygen atoms in total. The van der Waals surface area contributed by atoms with Crippen LogP contribution < -0.4 is 0 Å². The van der Waals surface area contributed by atoms with E-state index >= 15 is 0 Å². The second kappa shape index (κ2) is 9.48. The minimum absolute atomic E-state index is 0.232. The summed E-state index contributed by atoms with van der Waals surface area (Å²) in [5, 5.41) is 18.5. The fraction of sp³-hybridized carbons (Fsp3) is 0.417. The van der Waals surface area contributed by atoms with E-state index in [-0.39, 0.29) is 12.4 Å². The molecule has 9 heteroatoms. The summed E-state index contributed by atoms with van der Waals surface area (Å²) in [4.78, 5) is 26.5. The molecule has 0 fully saturated rings. The molecule has 0 aliphatic carbocycles. The fourth-order valence-electron chi connectivity index (χ4n) is 1.29. The van der Waals surface area contributed by atoms with Gasteiger partial charge in [0.1, 0.15) is 6.61 Å². The van der Waals surface area contributed by atoms with Gasteiger partial charge in [-0.2, -0.15) is 0 Å². The van der Waals surface area contributed by atoms with Crippen molar-refractivity contribution in [2.45, 2.75) is 17.9 Å². The first-order valence-corrected chi connectivity index (χ1v) is 8.37. The van der Waals surface area contributed by atoms with Crippen LogP contribution in [0, 0.1) is 10.1 Å². The molecule has 0 aliphatic heterocycles. The maximum atomic E-state index is 11.8. The highest BCUT2D eigenvalue weighted by Crippen LogP contribution is 2.34. The van der Waals surface area contributed by atoms with Crippen molar-refractivity contribution in [1.29, 1.82) is 0 Å². The molecule has 0 amide bonds. The molecule has 1 aromatic carbocycles. The summed E-state index contributed by atoms with van der Waals surface area (Å²) in [6.45, 7) is 1.65. The Balaban J connectivity index is 2.48. The summed E-state index contributed by atoms with van der Waals surface area (Å²) in [6, 6.07) is 6.95. The number of hydrogen-bond donors (Lipinski definition) is 1. The van der Waals surface area contributed by atoms with Gasteiger partial charge in [0.25, 0.3) is 5.09 Å². The van der Waals surface area contributed by atoms with E-state index in [4.69, 9.17) is 4.74 Å². The Hall–Kier alpha value is -1.45. The van der Waals surface area contributed by atoms with Crippen LogP contribution in [0.2, 0.25) is 0 Å². The van der Waals surface area contributed by atoms with Gasteiger partial charge in [-0.15, -0.1) is 10.1 Å². The average molecular weight is 333 g/mol. The topological polar surface area (TPSA) is 98.9 Å². The van der Waals surface area contributed by atoms with Crippen molar-refractivity contribution in [3.05, 3.63) is 39.9 Å². The Morgan fingerprint density at radius 2 is 2.19 bits per heavy atom. The lowest BCUT2D eigenvalue weighted by Gasteiger charge is -2.10. The summed E-state index contributed by atoms with van der Waals surface area (Å²) in [5.74, 6) is -0.172. The van der Waals surface area contributed by atoms with Crippen LogP contribution in [0.25, 0.3) is 0 Å². The summed E-state index contributed by atoms with van der Waals surface area (Å²) in [7, 11) is 2.57. The molecular weight excluding hydrogens is 318 g/mol. The Kier molecular flexibility index (Phi) is 7.95. The largest absolute Gasteiger partial charge is 0.462 e. The molecule has 0 heterocycles. The van der Waals surface area contributed by atoms with Crippen molar-refractivity contribution in [2.75, 3.05) is 19.0 Å². The standard InChI is InChI=1S/C12H15NO6S2/c1-2-18-12(15)10-5-3-4-6-11(10)21-20-8-9(14)7-19-13(16)17/h3-6,9,14H,2,7-8H2,1H3. The molecule has 0 bridgehead atoms. The summed E-state index contributed by atoms with van der Waals surface area (Å²) < 4.78 is 4.96. The number of aliphatic hydroxyl groups is 1. The van der Waals surface area contributed by atoms with Crippen molar-refractivity contribution >= 4 is 27.6 Å². The van der Waals surface area contributed by atoms with Crippen LogP contribution >= 0.6 is 21.6 Å². The minimum Gasteiger partial charge on any atom is -0.462 e. The van der Waals surface area contributed by atoms with Crippen molar-refractivity contribution < 1.29 is 24.6 Å². The van der Waals surface area contributed by atoms with Crippen molar-refractivity contribution in [3.63, 3.8) is 0 Å².